The van der Waals surface area contributed by atoms with Crippen LogP contribution in [0, 0.1) is 6.92 Å². The molecule has 15 heavy (non-hydrogen) atoms. The van der Waals surface area contributed by atoms with E-state index in [0.29, 0.717) is 11.5 Å². The minimum Gasteiger partial charge on any atom is -0.477 e. The first kappa shape index (κ1) is 11.0. The van der Waals surface area contributed by atoms with Crippen LogP contribution in [0.1, 0.15) is 18.4 Å². The molecule has 0 saturated carbocycles. The van der Waals surface area contributed by atoms with Gasteiger partial charge in [-0.1, -0.05) is 0 Å². The van der Waals surface area contributed by atoms with Crippen LogP contribution in [0.25, 0.3) is 6.08 Å². The highest BCUT2D eigenvalue weighted by Crippen LogP contribution is 2.10. The average Bonchev–Trinajstić information content (AvgIpc) is 2.49. The molecule has 0 spiro atoms. The predicted molar refractivity (Wildman–Crippen MR) is 52.9 cm³/mol. The normalized spacial score (nSPS) is 11.2. The molecule has 0 radical (unpaired) electrons. The van der Waals surface area contributed by atoms with Crippen LogP contribution in [-0.4, -0.2) is 17.0 Å². The third-order valence-electron chi connectivity index (χ3n) is 1.59. The van der Waals surface area contributed by atoms with Crippen LogP contribution in [0.2, 0.25) is 0 Å². The van der Waals surface area contributed by atoms with Gasteiger partial charge in [-0.15, -0.1) is 0 Å². The maximum absolute atomic E-state index is 10.7. The second-order valence-electron chi connectivity index (χ2n) is 2.99. The van der Waals surface area contributed by atoms with Gasteiger partial charge in [0.05, 0.1) is 0 Å². The molecule has 0 unspecified atom stereocenters. The molecule has 1 aromatic rings. The maximum atomic E-state index is 10.7. The number of carboxylic acid groups (broad SMARTS) is 1. The molecule has 1 rings (SSSR count). The summed E-state index contributed by atoms with van der Waals surface area (Å²) in [6, 6.07) is 3.33. The second kappa shape index (κ2) is 4.45. The molecule has 1 heterocycles. The topological polar surface area (TPSA) is 79.5 Å². The highest BCUT2D eigenvalue weighted by molar-refractivity contribution is 5.95. The van der Waals surface area contributed by atoms with E-state index in [1.807, 2.05) is 0 Å². The number of carbonyl (C=O) groups is 2. The standard InChI is InChI=1S/C10H11NO4/c1-6-3-4-8(15-6)5-9(10(13)14)11-7(2)12/h3-5H,1-2H3,(H,11,12)(H,13,14)/b9-5+. The van der Waals surface area contributed by atoms with E-state index in [1.54, 1.807) is 19.1 Å². The van der Waals surface area contributed by atoms with Gasteiger partial charge in [-0.05, 0) is 19.1 Å². The summed E-state index contributed by atoms with van der Waals surface area (Å²) in [5.41, 5.74) is -0.211. The summed E-state index contributed by atoms with van der Waals surface area (Å²) >= 11 is 0. The fraction of sp³-hybridized carbons (Fsp3) is 0.200. The molecule has 0 aliphatic carbocycles. The number of nitrogens with one attached hydrogen (secondary N) is 1. The zero-order valence-electron chi connectivity index (χ0n) is 8.40. The van der Waals surface area contributed by atoms with Gasteiger partial charge in [0.2, 0.25) is 5.91 Å². The number of hydrogen-bond acceptors (Lipinski definition) is 3. The van der Waals surface area contributed by atoms with E-state index in [1.165, 1.54) is 13.0 Å². The summed E-state index contributed by atoms with van der Waals surface area (Å²) in [6.45, 7) is 2.99. The number of aryl methyl sites for hydroxylation is 1. The van der Waals surface area contributed by atoms with Gasteiger partial charge < -0.3 is 14.8 Å². The van der Waals surface area contributed by atoms with Crippen molar-refractivity contribution in [2.75, 3.05) is 0 Å². The molecule has 5 nitrogen and oxygen atoms in total. The Kier molecular flexibility index (Phi) is 3.28. The summed E-state index contributed by atoms with van der Waals surface area (Å²) in [6.07, 6.45) is 1.26. The van der Waals surface area contributed by atoms with Crippen LogP contribution >= 0.6 is 0 Å². The summed E-state index contributed by atoms with van der Waals surface area (Å²) in [7, 11) is 0. The molecule has 0 aliphatic heterocycles. The number of aliphatic carboxylic acids is 1. The van der Waals surface area contributed by atoms with Crippen LogP contribution < -0.4 is 5.32 Å². The van der Waals surface area contributed by atoms with Gasteiger partial charge in [-0.25, -0.2) is 4.79 Å². The SMILES string of the molecule is CC(=O)N/C(=C/c1ccc(C)o1)C(=O)O. The van der Waals surface area contributed by atoms with Gasteiger partial charge >= 0.3 is 5.97 Å². The Labute approximate surface area is 86.4 Å². The lowest BCUT2D eigenvalue weighted by Crippen LogP contribution is -2.24. The van der Waals surface area contributed by atoms with Crippen molar-refractivity contribution in [2.45, 2.75) is 13.8 Å². The van der Waals surface area contributed by atoms with Crippen LogP contribution in [0.15, 0.2) is 22.2 Å². The number of furan rings is 1. The van der Waals surface area contributed by atoms with Crippen molar-refractivity contribution in [3.8, 4) is 0 Å². The van der Waals surface area contributed by atoms with Crippen molar-refractivity contribution < 1.29 is 19.1 Å². The molecular formula is C10H11NO4. The van der Waals surface area contributed by atoms with E-state index in [0.717, 1.165) is 0 Å². The van der Waals surface area contributed by atoms with Gasteiger partial charge in [-0.3, -0.25) is 4.79 Å². The average molecular weight is 209 g/mol. The van der Waals surface area contributed by atoms with E-state index < -0.39 is 11.9 Å². The number of rotatable bonds is 3. The van der Waals surface area contributed by atoms with Crippen molar-refractivity contribution in [3.63, 3.8) is 0 Å². The lowest BCUT2D eigenvalue weighted by Gasteiger charge is -2.00. The van der Waals surface area contributed by atoms with Crippen molar-refractivity contribution in [2.24, 2.45) is 0 Å². The largest absolute Gasteiger partial charge is 0.477 e. The molecular weight excluding hydrogens is 198 g/mol. The Hall–Kier alpha value is -2.04. The first-order valence-electron chi connectivity index (χ1n) is 4.28. The molecule has 5 heteroatoms. The quantitative estimate of drug-likeness (QED) is 0.732. The highest BCUT2D eigenvalue weighted by Gasteiger charge is 2.09. The third kappa shape index (κ3) is 3.30. The van der Waals surface area contributed by atoms with Crippen molar-refractivity contribution in [3.05, 3.63) is 29.4 Å². The van der Waals surface area contributed by atoms with Crippen LogP contribution in [-0.2, 0) is 9.59 Å². The lowest BCUT2D eigenvalue weighted by molar-refractivity contribution is -0.134. The van der Waals surface area contributed by atoms with Crippen LogP contribution in [0.5, 0.6) is 0 Å². The monoisotopic (exact) mass is 209 g/mol. The molecule has 0 aromatic carbocycles. The van der Waals surface area contributed by atoms with Gasteiger partial charge in [0.15, 0.2) is 0 Å². The smallest absolute Gasteiger partial charge is 0.352 e. The molecule has 1 aromatic heterocycles. The van der Waals surface area contributed by atoms with E-state index in [2.05, 4.69) is 5.32 Å². The van der Waals surface area contributed by atoms with Crippen LogP contribution in [0.3, 0.4) is 0 Å². The molecule has 80 valence electrons. The highest BCUT2D eigenvalue weighted by atomic mass is 16.4. The number of carboxylic acids is 1. The lowest BCUT2D eigenvalue weighted by atomic mass is 10.3. The first-order valence-corrected chi connectivity index (χ1v) is 4.28. The molecule has 1 amide bonds. The Balaban J connectivity index is 2.93. The zero-order valence-corrected chi connectivity index (χ0v) is 8.40. The zero-order chi connectivity index (χ0) is 11.4. The maximum Gasteiger partial charge on any atom is 0.352 e. The van der Waals surface area contributed by atoms with Gasteiger partial charge in [-0.2, -0.15) is 0 Å². The van der Waals surface area contributed by atoms with E-state index in [4.69, 9.17) is 9.52 Å². The Morgan fingerprint density at radius 2 is 2.13 bits per heavy atom. The van der Waals surface area contributed by atoms with E-state index >= 15 is 0 Å². The summed E-state index contributed by atoms with van der Waals surface area (Å²) in [4.78, 5) is 21.4. The van der Waals surface area contributed by atoms with Crippen LogP contribution in [0.4, 0.5) is 0 Å². The number of carbonyl (C=O) groups excluding carboxylic acids is 1. The number of amides is 1. The molecule has 0 atom stereocenters. The summed E-state index contributed by atoms with van der Waals surface area (Å²) in [5, 5.41) is 11.0. The Morgan fingerprint density at radius 3 is 2.53 bits per heavy atom. The predicted octanol–water partition coefficient (Wildman–Crippen LogP) is 1.15. The minimum atomic E-state index is -1.21. The van der Waals surface area contributed by atoms with E-state index in [-0.39, 0.29) is 5.70 Å². The first-order chi connectivity index (χ1) is 6.99. The van der Waals surface area contributed by atoms with Crippen molar-refractivity contribution in [1.29, 1.82) is 0 Å². The molecule has 0 aliphatic rings. The minimum absolute atomic E-state index is 0.211. The van der Waals surface area contributed by atoms with Gasteiger partial charge in [0.1, 0.15) is 17.2 Å². The molecule has 0 saturated heterocycles. The second-order valence-corrected chi connectivity index (χ2v) is 2.99. The van der Waals surface area contributed by atoms with Gasteiger partial charge in [0.25, 0.3) is 0 Å². The van der Waals surface area contributed by atoms with Gasteiger partial charge in [0, 0.05) is 13.0 Å². The molecule has 0 fully saturated rings. The third-order valence-corrected chi connectivity index (χ3v) is 1.59. The fourth-order valence-electron chi connectivity index (χ4n) is 1.01. The summed E-state index contributed by atoms with van der Waals surface area (Å²) < 4.78 is 5.15. The Bertz CT molecular complexity index is 417. The fourth-order valence-corrected chi connectivity index (χ4v) is 1.01. The Morgan fingerprint density at radius 1 is 1.47 bits per heavy atom. The van der Waals surface area contributed by atoms with E-state index in [9.17, 15) is 9.59 Å². The van der Waals surface area contributed by atoms with Crippen molar-refractivity contribution in [1.82, 2.24) is 5.32 Å². The summed E-state index contributed by atoms with van der Waals surface area (Å²) in [5.74, 6) is -0.585. The number of hydrogen-bond donors (Lipinski definition) is 2. The van der Waals surface area contributed by atoms with Crippen molar-refractivity contribution >= 4 is 18.0 Å². The molecule has 0 bridgehead atoms. The molecule has 2 N–H and O–H groups in total.